The Morgan fingerprint density at radius 3 is 2.72 bits per heavy atom. The van der Waals surface area contributed by atoms with Crippen molar-refractivity contribution < 1.29 is 13.5 Å². The summed E-state index contributed by atoms with van der Waals surface area (Å²) < 4.78 is 22.3. The fraction of sp³-hybridized carbons (Fsp3) is 1.00. The maximum atomic E-state index is 11.2. The third-order valence-corrected chi connectivity index (χ3v) is 6.76. The second kappa shape index (κ2) is 4.20. The molecule has 3 aliphatic rings. The molecule has 0 radical (unpaired) electrons. The van der Waals surface area contributed by atoms with Crippen molar-refractivity contribution in [2.75, 3.05) is 12.0 Å². The summed E-state index contributed by atoms with van der Waals surface area (Å²) in [6, 6.07) is 0. The first kappa shape index (κ1) is 12.9. The zero-order valence-corrected chi connectivity index (χ0v) is 12.0. The molecule has 1 N–H and O–H groups in total. The third-order valence-electron chi connectivity index (χ3n) is 5.73. The van der Waals surface area contributed by atoms with Crippen LogP contribution < -0.4 is 0 Å². The largest absolute Gasteiger partial charge is 0.390 e. The average Bonchev–Trinajstić information content (AvgIpc) is 2.84. The van der Waals surface area contributed by atoms with Crippen LogP contribution in [0.3, 0.4) is 0 Å². The molecule has 0 aliphatic heterocycles. The van der Waals surface area contributed by atoms with Crippen LogP contribution in [0.2, 0.25) is 0 Å². The fourth-order valence-electron chi connectivity index (χ4n) is 5.16. The number of hydrogen-bond acceptors (Lipinski definition) is 3. The van der Waals surface area contributed by atoms with Crippen LogP contribution in [-0.2, 0) is 9.84 Å². The lowest BCUT2D eigenvalue weighted by atomic mass is 9.71. The maximum Gasteiger partial charge on any atom is 0.147 e. The Hall–Kier alpha value is -0.0900. The molecule has 5 atom stereocenters. The molecule has 0 aromatic carbocycles. The van der Waals surface area contributed by atoms with E-state index in [0.29, 0.717) is 18.8 Å². The highest BCUT2D eigenvalue weighted by Crippen LogP contribution is 2.63. The number of sulfone groups is 1. The lowest BCUT2D eigenvalue weighted by Gasteiger charge is -2.39. The normalized spacial score (nSPS) is 46.6. The van der Waals surface area contributed by atoms with Crippen LogP contribution in [0.1, 0.15) is 44.9 Å². The van der Waals surface area contributed by atoms with Gasteiger partial charge in [0.2, 0.25) is 0 Å². The van der Waals surface area contributed by atoms with Gasteiger partial charge in [0.1, 0.15) is 9.84 Å². The van der Waals surface area contributed by atoms with E-state index in [0.717, 1.165) is 24.2 Å². The number of aliphatic hydroxyl groups is 1. The topological polar surface area (TPSA) is 54.4 Å². The van der Waals surface area contributed by atoms with Crippen LogP contribution in [0, 0.1) is 23.7 Å². The van der Waals surface area contributed by atoms with Crippen LogP contribution in [0.15, 0.2) is 0 Å². The van der Waals surface area contributed by atoms with Crippen molar-refractivity contribution in [1.29, 1.82) is 0 Å². The van der Waals surface area contributed by atoms with Gasteiger partial charge in [-0.05, 0) is 62.2 Å². The SMILES string of the molecule is CS(=O)(=O)CCCC1(O)CC2CC1C1CCCC21. The van der Waals surface area contributed by atoms with E-state index < -0.39 is 15.4 Å². The molecular formula is C14H24O3S. The monoisotopic (exact) mass is 272 g/mol. The molecule has 0 aromatic heterocycles. The van der Waals surface area contributed by atoms with Crippen LogP contribution in [0.5, 0.6) is 0 Å². The smallest absolute Gasteiger partial charge is 0.147 e. The van der Waals surface area contributed by atoms with Gasteiger partial charge in [0.25, 0.3) is 0 Å². The van der Waals surface area contributed by atoms with Gasteiger partial charge in [0.15, 0.2) is 0 Å². The van der Waals surface area contributed by atoms with E-state index in [1.54, 1.807) is 0 Å². The van der Waals surface area contributed by atoms with Crippen molar-refractivity contribution >= 4 is 9.84 Å². The first-order valence-corrected chi connectivity index (χ1v) is 9.35. The zero-order chi connectivity index (χ0) is 13.0. The molecule has 4 heteroatoms. The van der Waals surface area contributed by atoms with E-state index in [1.165, 1.54) is 31.9 Å². The van der Waals surface area contributed by atoms with E-state index in [9.17, 15) is 13.5 Å². The summed E-state index contributed by atoms with van der Waals surface area (Å²) in [6.45, 7) is 0. The van der Waals surface area contributed by atoms with Crippen molar-refractivity contribution in [2.24, 2.45) is 23.7 Å². The summed E-state index contributed by atoms with van der Waals surface area (Å²) in [5.41, 5.74) is -0.541. The fourth-order valence-corrected chi connectivity index (χ4v) is 5.83. The lowest BCUT2D eigenvalue weighted by molar-refractivity contribution is -0.0521. The van der Waals surface area contributed by atoms with Gasteiger partial charge in [-0.3, -0.25) is 0 Å². The summed E-state index contributed by atoms with van der Waals surface area (Å²) in [6.07, 6.45) is 8.71. The van der Waals surface area contributed by atoms with Gasteiger partial charge in [-0.15, -0.1) is 0 Å². The third kappa shape index (κ3) is 2.11. The van der Waals surface area contributed by atoms with Gasteiger partial charge in [-0.2, -0.15) is 0 Å². The summed E-state index contributed by atoms with van der Waals surface area (Å²) in [5, 5.41) is 10.8. The van der Waals surface area contributed by atoms with Gasteiger partial charge >= 0.3 is 0 Å². The first-order chi connectivity index (χ1) is 8.39. The molecule has 5 unspecified atom stereocenters. The van der Waals surface area contributed by atoms with Gasteiger partial charge in [-0.25, -0.2) is 8.42 Å². The Labute approximate surface area is 110 Å². The molecule has 3 fully saturated rings. The number of hydrogen-bond donors (Lipinski definition) is 1. The second-order valence-corrected chi connectivity index (χ2v) is 9.16. The molecule has 0 saturated heterocycles. The van der Waals surface area contributed by atoms with E-state index in [-0.39, 0.29) is 5.75 Å². The van der Waals surface area contributed by atoms with Crippen molar-refractivity contribution in [3.8, 4) is 0 Å². The van der Waals surface area contributed by atoms with Crippen molar-refractivity contribution in [3.05, 3.63) is 0 Å². The molecule has 0 spiro atoms. The minimum atomic E-state index is -2.88. The number of rotatable bonds is 4. The molecule has 0 amide bonds. The summed E-state index contributed by atoms with van der Waals surface area (Å²) in [7, 11) is -2.88. The highest BCUT2D eigenvalue weighted by Gasteiger charge is 2.59. The predicted molar refractivity (Wildman–Crippen MR) is 70.9 cm³/mol. The van der Waals surface area contributed by atoms with Gasteiger partial charge in [0.05, 0.1) is 5.60 Å². The Morgan fingerprint density at radius 2 is 2.00 bits per heavy atom. The number of fused-ring (bicyclic) bond motifs is 5. The van der Waals surface area contributed by atoms with Crippen LogP contribution in [0.25, 0.3) is 0 Å². The van der Waals surface area contributed by atoms with E-state index >= 15 is 0 Å². The highest BCUT2D eigenvalue weighted by molar-refractivity contribution is 7.90. The van der Waals surface area contributed by atoms with Gasteiger partial charge in [-0.1, -0.05) is 6.42 Å². The minimum Gasteiger partial charge on any atom is -0.390 e. The van der Waals surface area contributed by atoms with Crippen LogP contribution in [-0.4, -0.2) is 31.1 Å². The average molecular weight is 272 g/mol. The molecule has 3 saturated carbocycles. The Balaban J connectivity index is 1.63. The summed E-state index contributed by atoms with van der Waals surface area (Å²) in [4.78, 5) is 0. The zero-order valence-electron chi connectivity index (χ0n) is 11.1. The molecule has 18 heavy (non-hydrogen) atoms. The van der Waals surface area contributed by atoms with Crippen molar-refractivity contribution in [1.82, 2.24) is 0 Å². The molecule has 104 valence electrons. The summed E-state index contributed by atoms with van der Waals surface area (Å²) >= 11 is 0. The second-order valence-electron chi connectivity index (χ2n) is 6.90. The minimum absolute atomic E-state index is 0.223. The van der Waals surface area contributed by atoms with Crippen molar-refractivity contribution in [3.63, 3.8) is 0 Å². The van der Waals surface area contributed by atoms with Gasteiger partial charge in [0, 0.05) is 12.0 Å². The standard InChI is InChI=1S/C14H24O3S/c1-18(16,17)7-3-6-14(15)9-10-8-13(14)12-5-2-4-11(10)12/h10-13,15H,2-9H2,1H3. The molecule has 0 aromatic rings. The van der Waals surface area contributed by atoms with Crippen LogP contribution >= 0.6 is 0 Å². The van der Waals surface area contributed by atoms with Gasteiger partial charge < -0.3 is 5.11 Å². The molecule has 3 nitrogen and oxygen atoms in total. The lowest BCUT2D eigenvalue weighted by Crippen LogP contribution is -2.41. The highest BCUT2D eigenvalue weighted by atomic mass is 32.2. The molecule has 3 rings (SSSR count). The van der Waals surface area contributed by atoms with E-state index in [1.807, 2.05) is 0 Å². The Kier molecular flexibility index (Phi) is 3.02. The summed E-state index contributed by atoms with van der Waals surface area (Å²) in [5.74, 6) is 3.04. The molecular weight excluding hydrogens is 248 g/mol. The predicted octanol–water partition coefficient (Wildman–Crippen LogP) is 2.00. The molecule has 3 aliphatic carbocycles. The molecule has 0 heterocycles. The maximum absolute atomic E-state index is 11.2. The van der Waals surface area contributed by atoms with Crippen molar-refractivity contribution in [2.45, 2.75) is 50.5 Å². The molecule has 2 bridgehead atoms. The van der Waals surface area contributed by atoms with E-state index in [2.05, 4.69) is 0 Å². The first-order valence-electron chi connectivity index (χ1n) is 7.29. The Morgan fingerprint density at radius 1 is 1.28 bits per heavy atom. The van der Waals surface area contributed by atoms with Crippen LogP contribution in [0.4, 0.5) is 0 Å². The van der Waals surface area contributed by atoms with E-state index in [4.69, 9.17) is 0 Å². The quantitative estimate of drug-likeness (QED) is 0.851. The Bertz CT molecular complexity index is 430.